The van der Waals surface area contributed by atoms with Crippen molar-refractivity contribution in [1.29, 1.82) is 0 Å². The van der Waals surface area contributed by atoms with Crippen molar-refractivity contribution in [2.75, 3.05) is 19.7 Å². The largest absolute Gasteiger partial charge is 0.373 e. The van der Waals surface area contributed by atoms with Crippen LogP contribution < -0.4 is 0 Å². The fraction of sp³-hybridized carbons (Fsp3) is 1.00. The molecule has 1 rings (SSSR count). The first kappa shape index (κ1) is 9.12. The smallest absolute Gasteiger partial charge is 0.234 e. The summed E-state index contributed by atoms with van der Waals surface area (Å²) in [6.07, 6.45) is 0. The summed E-state index contributed by atoms with van der Waals surface area (Å²) >= 11 is -1.85. The van der Waals surface area contributed by atoms with Crippen molar-refractivity contribution in [3.05, 3.63) is 0 Å². The zero-order chi connectivity index (χ0) is 8.48. The van der Waals surface area contributed by atoms with Crippen molar-refractivity contribution in [3.63, 3.8) is 0 Å². The molecule has 11 heavy (non-hydrogen) atoms. The molecule has 1 unspecified atom stereocenters. The molecule has 0 bridgehead atoms. The second-order valence-corrected chi connectivity index (χ2v) is 4.18. The van der Waals surface area contributed by atoms with Crippen LogP contribution in [-0.2, 0) is 16.0 Å². The number of ether oxygens (including phenoxy) is 1. The zero-order valence-electron chi connectivity index (χ0n) is 6.74. The summed E-state index contributed by atoms with van der Waals surface area (Å²) in [6.45, 7) is 5.39. The van der Waals surface area contributed by atoms with Crippen LogP contribution in [-0.4, -0.2) is 38.4 Å². The fourth-order valence-corrected chi connectivity index (χ4v) is 1.76. The van der Waals surface area contributed by atoms with Crippen LogP contribution >= 0.6 is 0 Å². The van der Waals surface area contributed by atoms with Crippen molar-refractivity contribution in [2.45, 2.75) is 19.4 Å². The normalized spacial score (nSPS) is 28.3. The van der Waals surface area contributed by atoms with E-state index in [1.54, 1.807) is 0 Å². The highest BCUT2D eigenvalue weighted by Gasteiger charge is 2.29. The second kappa shape index (κ2) is 3.18. The molecule has 1 aliphatic rings. The van der Waals surface area contributed by atoms with Crippen molar-refractivity contribution in [3.8, 4) is 0 Å². The van der Waals surface area contributed by atoms with Gasteiger partial charge in [0.2, 0.25) is 11.3 Å². The van der Waals surface area contributed by atoms with Crippen molar-refractivity contribution in [1.82, 2.24) is 4.31 Å². The van der Waals surface area contributed by atoms with Gasteiger partial charge in [-0.25, -0.2) is 4.21 Å². The van der Waals surface area contributed by atoms with Crippen molar-refractivity contribution in [2.24, 2.45) is 0 Å². The third-order valence-electron chi connectivity index (χ3n) is 1.61. The van der Waals surface area contributed by atoms with Crippen LogP contribution in [0.25, 0.3) is 0 Å². The van der Waals surface area contributed by atoms with Gasteiger partial charge < -0.3 is 4.74 Å². The summed E-state index contributed by atoms with van der Waals surface area (Å²) in [6, 6.07) is 0. The maximum Gasteiger partial charge on any atom is 0.234 e. The molecular weight excluding hydrogens is 166 g/mol. The summed E-state index contributed by atoms with van der Waals surface area (Å²) in [5.74, 6) is 0. The lowest BCUT2D eigenvalue weighted by Crippen LogP contribution is -2.48. The van der Waals surface area contributed by atoms with Gasteiger partial charge in [0.25, 0.3) is 0 Å². The van der Waals surface area contributed by atoms with Crippen LogP contribution in [0, 0.1) is 0 Å². The van der Waals surface area contributed by atoms with Crippen molar-refractivity contribution < 1.29 is 13.5 Å². The molecule has 1 saturated heterocycles. The highest BCUT2D eigenvalue weighted by Crippen LogP contribution is 2.16. The predicted octanol–water partition coefficient (Wildman–Crippen LogP) is 0.234. The molecule has 1 aliphatic heterocycles. The molecule has 0 aromatic heterocycles. The Hall–Kier alpha value is 0.0300. The van der Waals surface area contributed by atoms with Gasteiger partial charge in [0, 0.05) is 13.1 Å². The zero-order valence-corrected chi connectivity index (χ0v) is 7.56. The van der Waals surface area contributed by atoms with Crippen LogP contribution in [0.15, 0.2) is 0 Å². The van der Waals surface area contributed by atoms with Crippen molar-refractivity contribution >= 4 is 11.3 Å². The Morgan fingerprint density at radius 3 is 2.64 bits per heavy atom. The Morgan fingerprint density at radius 1 is 1.64 bits per heavy atom. The molecule has 1 atom stereocenters. The summed E-state index contributed by atoms with van der Waals surface area (Å²) in [4.78, 5) is 0. The molecule has 1 fully saturated rings. The number of morpholine rings is 1. The Balaban J connectivity index is 2.53. The van der Waals surface area contributed by atoms with E-state index in [0.29, 0.717) is 19.7 Å². The molecule has 4 nitrogen and oxygen atoms in total. The van der Waals surface area contributed by atoms with E-state index in [-0.39, 0.29) is 5.60 Å². The molecule has 66 valence electrons. The first-order chi connectivity index (χ1) is 5.01. The number of hydrogen-bond donors (Lipinski definition) is 1. The molecule has 0 spiro atoms. The third kappa shape index (κ3) is 2.52. The summed E-state index contributed by atoms with van der Waals surface area (Å²) in [5, 5.41) is 0. The first-order valence-corrected chi connectivity index (χ1v) is 4.57. The van der Waals surface area contributed by atoms with E-state index in [1.807, 2.05) is 13.8 Å². The average Bonchev–Trinajstić information content (AvgIpc) is 1.85. The highest BCUT2D eigenvalue weighted by molar-refractivity contribution is 7.76. The first-order valence-electron chi connectivity index (χ1n) is 3.51. The second-order valence-electron chi connectivity index (χ2n) is 3.20. The minimum atomic E-state index is -1.85. The van der Waals surface area contributed by atoms with Crippen LogP contribution in [0.4, 0.5) is 0 Å². The minimum Gasteiger partial charge on any atom is -0.373 e. The number of rotatable bonds is 1. The molecule has 0 aromatic carbocycles. The van der Waals surface area contributed by atoms with E-state index in [9.17, 15) is 4.21 Å². The average molecular weight is 179 g/mol. The Morgan fingerprint density at radius 2 is 2.27 bits per heavy atom. The van der Waals surface area contributed by atoms with Gasteiger partial charge in [-0.05, 0) is 13.8 Å². The van der Waals surface area contributed by atoms with E-state index in [0.717, 1.165) is 0 Å². The van der Waals surface area contributed by atoms with Crippen LogP contribution in [0.1, 0.15) is 13.8 Å². The Kier molecular flexibility index (Phi) is 2.64. The lowest BCUT2D eigenvalue weighted by Gasteiger charge is -2.35. The lowest BCUT2D eigenvalue weighted by atomic mass is 10.1. The quantitative estimate of drug-likeness (QED) is 0.586. The monoisotopic (exact) mass is 179 g/mol. The molecule has 1 N–H and O–H groups in total. The SMILES string of the molecule is CC1(C)CN(S(=O)O)CCO1. The molecular formula is C6H13NO3S. The van der Waals surface area contributed by atoms with E-state index in [4.69, 9.17) is 9.29 Å². The molecule has 0 aromatic rings. The molecule has 0 saturated carbocycles. The van der Waals surface area contributed by atoms with Gasteiger partial charge in [-0.1, -0.05) is 0 Å². The van der Waals surface area contributed by atoms with E-state index < -0.39 is 11.3 Å². The Labute approximate surface area is 68.9 Å². The molecule has 1 heterocycles. The van der Waals surface area contributed by atoms with Gasteiger partial charge in [-0.3, -0.25) is 4.55 Å². The van der Waals surface area contributed by atoms with Crippen LogP contribution in [0.5, 0.6) is 0 Å². The molecule has 0 amide bonds. The molecule has 0 aliphatic carbocycles. The van der Waals surface area contributed by atoms with Gasteiger partial charge in [-0.15, -0.1) is 0 Å². The maximum atomic E-state index is 10.6. The van der Waals surface area contributed by atoms with Crippen LogP contribution in [0.3, 0.4) is 0 Å². The highest BCUT2D eigenvalue weighted by atomic mass is 32.2. The summed E-state index contributed by atoms with van der Waals surface area (Å²) < 4.78 is 26.2. The van der Waals surface area contributed by atoms with Gasteiger partial charge in [0.15, 0.2) is 0 Å². The van der Waals surface area contributed by atoms with E-state index in [2.05, 4.69) is 0 Å². The van der Waals surface area contributed by atoms with E-state index >= 15 is 0 Å². The van der Waals surface area contributed by atoms with E-state index in [1.165, 1.54) is 4.31 Å². The van der Waals surface area contributed by atoms with Gasteiger partial charge in [0.1, 0.15) is 0 Å². The lowest BCUT2D eigenvalue weighted by molar-refractivity contribution is -0.0642. The minimum absolute atomic E-state index is 0.295. The predicted molar refractivity (Wildman–Crippen MR) is 42.4 cm³/mol. The molecule has 0 radical (unpaired) electrons. The fourth-order valence-electron chi connectivity index (χ4n) is 1.11. The Bertz CT molecular complexity index is 171. The number of hydrogen-bond acceptors (Lipinski definition) is 2. The number of nitrogens with zero attached hydrogens (tertiary/aromatic N) is 1. The standard InChI is InChI=1S/C6H13NO3S/c1-6(2)5-7(11(8)9)3-4-10-6/h3-5H2,1-2H3,(H,8,9). The summed E-state index contributed by atoms with van der Waals surface area (Å²) in [7, 11) is 0. The maximum absolute atomic E-state index is 10.6. The third-order valence-corrected chi connectivity index (χ3v) is 2.36. The van der Waals surface area contributed by atoms with Gasteiger partial charge in [0.05, 0.1) is 12.2 Å². The van der Waals surface area contributed by atoms with Crippen LogP contribution in [0.2, 0.25) is 0 Å². The topological polar surface area (TPSA) is 49.8 Å². The van der Waals surface area contributed by atoms with Gasteiger partial charge in [-0.2, -0.15) is 4.31 Å². The van der Waals surface area contributed by atoms with Gasteiger partial charge >= 0.3 is 0 Å². The summed E-state index contributed by atoms with van der Waals surface area (Å²) in [5.41, 5.74) is -0.295. The molecule has 5 heteroatoms.